The summed E-state index contributed by atoms with van der Waals surface area (Å²) in [5.41, 5.74) is 3.74. The van der Waals surface area contributed by atoms with Crippen molar-refractivity contribution in [2.75, 3.05) is 31.5 Å². The number of hydrogen-bond donors (Lipinski definition) is 2. The smallest absolute Gasteiger partial charge is 0.319 e. The van der Waals surface area contributed by atoms with E-state index < -0.39 is 0 Å². The Morgan fingerprint density at radius 2 is 1.90 bits per heavy atom. The van der Waals surface area contributed by atoms with E-state index in [4.69, 9.17) is 0 Å². The predicted octanol–water partition coefficient (Wildman–Crippen LogP) is 2.78. The predicted molar refractivity (Wildman–Crippen MR) is 85.8 cm³/mol. The van der Waals surface area contributed by atoms with Gasteiger partial charge in [0.2, 0.25) is 0 Å². The third-order valence-electron chi connectivity index (χ3n) is 4.49. The number of fused-ring (bicyclic) bond motifs is 1. The largest absolute Gasteiger partial charge is 0.338 e. The number of benzene rings is 1. The Hall–Kier alpha value is -1.55. The van der Waals surface area contributed by atoms with Crippen molar-refractivity contribution in [1.29, 1.82) is 0 Å². The molecule has 1 aliphatic heterocycles. The van der Waals surface area contributed by atoms with Crippen molar-refractivity contribution < 1.29 is 4.79 Å². The number of likely N-dealkylation sites (tertiary alicyclic amines) is 1. The van der Waals surface area contributed by atoms with Gasteiger partial charge < -0.3 is 15.5 Å². The van der Waals surface area contributed by atoms with E-state index in [0.717, 1.165) is 31.6 Å². The number of urea groups is 1. The molecule has 2 amide bonds. The molecule has 1 saturated heterocycles. The molecule has 0 unspecified atom stereocenters. The molecule has 114 valence electrons. The average molecular weight is 287 g/mol. The lowest BCUT2D eigenvalue weighted by Gasteiger charge is -2.14. The molecule has 0 bridgehead atoms. The summed E-state index contributed by atoms with van der Waals surface area (Å²) in [6.07, 6.45) is 7.23. The van der Waals surface area contributed by atoms with Crippen molar-refractivity contribution in [3.8, 4) is 0 Å². The van der Waals surface area contributed by atoms with Crippen LogP contribution in [0.25, 0.3) is 0 Å². The van der Waals surface area contributed by atoms with Crippen LogP contribution in [0.2, 0.25) is 0 Å². The van der Waals surface area contributed by atoms with Gasteiger partial charge in [0.05, 0.1) is 0 Å². The molecule has 3 rings (SSSR count). The van der Waals surface area contributed by atoms with Gasteiger partial charge in [-0.25, -0.2) is 4.79 Å². The second-order valence-electron chi connectivity index (χ2n) is 6.12. The Morgan fingerprint density at radius 1 is 1.10 bits per heavy atom. The Kier molecular flexibility index (Phi) is 4.76. The number of carbonyl (C=O) groups excluding carboxylic acids is 1. The molecule has 2 aliphatic rings. The summed E-state index contributed by atoms with van der Waals surface area (Å²) in [6.45, 7) is 4.29. The molecule has 1 fully saturated rings. The average Bonchev–Trinajstić information content (AvgIpc) is 3.14. The molecule has 4 heteroatoms. The van der Waals surface area contributed by atoms with Crippen LogP contribution in [0.4, 0.5) is 10.5 Å². The lowest BCUT2D eigenvalue weighted by molar-refractivity contribution is 0.251. The normalized spacial score (nSPS) is 17.7. The zero-order valence-corrected chi connectivity index (χ0v) is 12.7. The number of nitrogens with one attached hydrogen (secondary N) is 2. The summed E-state index contributed by atoms with van der Waals surface area (Å²) < 4.78 is 0. The number of carbonyl (C=O) groups is 1. The number of aryl methyl sites for hydroxylation is 2. The zero-order chi connectivity index (χ0) is 14.5. The van der Waals surface area contributed by atoms with E-state index in [9.17, 15) is 4.79 Å². The summed E-state index contributed by atoms with van der Waals surface area (Å²) in [5, 5.41) is 5.88. The second-order valence-corrected chi connectivity index (χ2v) is 6.12. The van der Waals surface area contributed by atoms with Crippen LogP contribution < -0.4 is 10.6 Å². The molecule has 1 aromatic carbocycles. The Labute approximate surface area is 126 Å². The summed E-state index contributed by atoms with van der Waals surface area (Å²) in [6, 6.07) is 6.18. The highest BCUT2D eigenvalue weighted by molar-refractivity contribution is 5.89. The van der Waals surface area contributed by atoms with Gasteiger partial charge in [0.15, 0.2) is 0 Å². The highest BCUT2D eigenvalue weighted by Crippen LogP contribution is 2.24. The molecule has 0 aromatic heterocycles. The third-order valence-corrected chi connectivity index (χ3v) is 4.49. The van der Waals surface area contributed by atoms with Crippen LogP contribution in [0.5, 0.6) is 0 Å². The number of hydrogen-bond acceptors (Lipinski definition) is 2. The van der Waals surface area contributed by atoms with E-state index in [1.807, 2.05) is 6.07 Å². The van der Waals surface area contributed by atoms with Crippen molar-refractivity contribution in [2.45, 2.75) is 38.5 Å². The van der Waals surface area contributed by atoms with Gasteiger partial charge in [-0.3, -0.25) is 0 Å². The Balaban J connectivity index is 1.37. The highest BCUT2D eigenvalue weighted by Gasteiger charge is 2.12. The van der Waals surface area contributed by atoms with Crippen molar-refractivity contribution in [2.24, 2.45) is 0 Å². The lowest BCUT2D eigenvalue weighted by atomic mass is 10.1. The molecule has 4 nitrogen and oxygen atoms in total. The molecule has 0 radical (unpaired) electrons. The molecular formula is C17H25N3O. The minimum Gasteiger partial charge on any atom is -0.338 e. The van der Waals surface area contributed by atoms with Gasteiger partial charge in [-0.15, -0.1) is 0 Å². The van der Waals surface area contributed by atoms with E-state index in [1.165, 1.54) is 49.9 Å². The second kappa shape index (κ2) is 6.94. The van der Waals surface area contributed by atoms with Crippen LogP contribution in [0, 0.1) is 0 Å². The minimum atomic E-state index is -0.0885. The van der Waals surface area contributed by atoms with Crippen LogP contribution in [0.15, 0.2) is 18.2 Å². The van der Waals surface area contributed by atoms with Crippen LogP contribution in [-0.4, -0.2) is 37.1 Å². The van der Waals surface area contributed by atoms with Gasteiger partial charge in [0.1, 0.15) is 0 Å². The maximum absolute atomic E-state index is 11.9. The third kappa shape index (κ3) is 3.97. The molecule has 0 atom stereocenters. The fraction of sp³-hybridized carbons (Fsp3) is 0.588. The van der Waals surface area contributed by atoms with Crippen molar-refractivity contribution in [1.82, 2.24) is 10.2 Å². The number of anilines is 1. The van der Waals surface area contributed by atoms with Gasteiger partial charge in [-0.1, -0.05) is 6.07 Å². The standard InChI is InChI=1S/C17H25N3O/c21-17(18-9-4-12-20-10-1-2-11-20)19-16-8-7-14-5-3-6-15(14)13-16/h7-8,13H,1-6,9-12H2,(H2,18,19,21). The molecule has 21 heavy (non-hydrogen) atoms. The highest BCUT2D eigenvalue weighted by atomic mass is 16.2. The number of rotatable bonds is 5. The quantitative estimate of drug-likeness (QED) is 0.818. The summed E-state index contributed by atoms with van der Waals surface area (Å²) in [4.78, 5) is 14.3. The maximum Gasteiger partial charge on any atom is 0.319 e. The topological polar surface area (TPSA) is 44.4 Å². The monoisotopic (exact) mass is 287 g/mol. The molecule has 0 saturated carbocycles. The number of amides is 2. The molecule has 1 aromatic rings. The van der Waals surface area contributed by atoms with Gasteiger partial charge in [-0.05, 0) is 81.4 Å². The Morgan fingerprint density at radius 3 is 2.76 bits per heavy atom. The molecular weight excluding hydrogens is 262 g/mol. The first-order chi connectivity index (χ1) is 10.3. The van der Waals surface area contributed by atoms with Gasteiger partial charge in [0.25, 0.3) is 0 Å². The van der Waals surface area contributed by atoms with Crippen molar-refractivity contribution in [3.63, 3.8) is 0 Å². The first-order valence-corrected chi connectivity index (χ1v) is 8.20. The van der Waals surface area contributed by atoms with E-state index >= 15 is 0 Å². The molecule has 1 heterocycles. The van der Waals surface area contributed by atoms with E-state index in [-0.39, 0.29) is 6.03 Å². The minimum absolute atomic E-state index is 0.0885. The fourth-order valence-corrected chi connectivity index (χ4v) is 3.34. The van der Waals surface area contributed by atoms with E-state index in [0.29, 0.717) is 0 Å². The summed E-state index contributed by atoms with van der Waals surface area (Å²) in [7, 11) is 0. The van der Waals surface area contributed by atoms with E-state index in [1.54, 1.807) is 0 Å². The summed E-state index contributed by atoms with van der Waals surface area (Å²) >= 11 is 0. The Bertz CT molecular complexity index is 495. The summed E-state index contributed by atoms with van der Waals surface area (Å²) in [5.74, 6) is 0. The first kappa shape index (κ1) is 14.4. The van der Waals surface area contributed by atoms with Gasteiger partial charge >= 0.3 is 6.03 Å². The molecule has 1 aliphatic carbocycles. The molecule has 0 spiro atoms. The molecule has 2 N–H and O–H groups in total. The zero-order valence-electron chi connectivity index (χ0n) is 12.7. The SMILES string of the molecule is O=C(NCCCN1CCCC1)Nc1ccc2c(c1)CCC2. The number of nitrogens with zero attached hydrogens (tertiary/aromatic N) is 1. The van der Waals surface area contributed by atoms with Crippen LogP contribution in [0.3, 0.4) is 0 Å². The van der Waals surface area contributed by atoms with E-state index in [2.05, 4.69) is 27.7 Å². The van der Waals surface area contributed by atoms with Crippen LogP contribution in [-0.2, 0) is 12.8 Å². The van der Waals surface area contributed by atoms with Gasteiger partial charge in [0, 0.05) is 12.2 Å². The van der Waals surface area contributed by atoms with Crippen LogP contribution in [0.1, 0.15) is 36.8 Å². The van der Waals surface area contributed by atoms with Gasteiger partial charge in [-0.2, -0.15) is 0 Å². The van der Waals surface area contributed by atoms with Crippen LogP contribution >= 0.6 is 0 Å². The van der Waals surface area contributed by atoms with Crippen molar-refractivity contribution in [3.05, 3.63) is 29.3 Å². The maximum atomic E-state index is 11.9. The lowest BCUT2D eigenvalue weighted by Crippen LogP contribution is -2.31. The first-order valence-electron chi connectivity index (χ1n) is 8.20. The fourth-order valence-electron chi connectivity index (χ4n) is 3.34. The van der Waals surface area contributed by atoms with Crippen molar-refractivity contribution >= 4 is 11.7 Å².